The number of nitrogens with zero attached hydrogens (tertiary/aromatic N) is 2. The van der Waals surface area contributed by atoms with Crippen molar-refractivity contribution in [1.82, 2.24) is 4.90 Å². The Morgan fingerprint density at radius 1 is 1.12 bits per heavy atom. The van der Waals surface area contributed by atoms with Crippen molar-refractivity contribution in [1.29, 1.82) is 0 Å². The minimum Gasteiger partial charge on any atom is -0.378 e. The second kappa shape index (κ2) is 7.26. The Morgan fingerprint density at radius 3 is 2.15 bits per heavy atom. The zero-order valence-electron chi connectivity index (χ0n) is 15.9. The van der Waals surface area contributed by atoms with Gasteiger partial charge in [0.15, 0.2) is 9.84 Å². The van der Waals surface area contributed by atoms with E-state index in [9.17, 15) is 18.0 Å². The van der Waals surface area contributed by atoms with E-state index in [1.807, 2.05) is 31.1 Å². The number of carbonyl (C=O) groups is 2. The van der Waals surface area contributed by atoms with E-state index >= 15 is 0 Å². The molecule has 1 atom stereocenters. The molecule has 1 aromatic carbocycles. The standard InChI is InChI=1S/C18H27N3O4S/c1-18(2,17(23)21(5)15-10-11-26(24,25)12-15)16(22)19-13-6-8-14(9-7-13)20(3)4/h6-9,15H,10-12H2,1-5H3,(H,19,22). The van der Waals surface area contributed by atoms with Crippen LogP contribution >= 0.6 is 0 Å². The summed E-state index contributed by atoms with van der Waals surface area (Å²) in [6, 6.07) is 6.93. The molecule has 0 spiro atoms. The molecular formula is C18H27N3O4S. The van der Waals surface area contributed by atoms with E-state index in [2.05, 4.69) is 5.32 Å². The van der Waals surface area contributed by atoms with Gasteiger partial charge in [0, 0.05) is 38.6 Å². The summed E-state index contributed by atoms with van der Waals surface area (Å²) in [4.78, 5) is 28.8. The van der Waals surface area contributed by atoms with Crippen LogP contribution in [0.25, 0.3) is 0 Å². The third-order valence-corrected chi connectivity index (χ3v) is 6.57. The van der Waals surface area contributed by atoms with Crippen molar-refractivity contribution in [3.63, 3.8) is 0 Å². The van der Waals surface area contributed by atoms with Crippen LogP contribution in [0.15, 0.2) is 24.3 Å². The highest BCUT2D eigenvalue weighted by Gasteiger charge is 2.42. The van der Waals surface area contributed by atoms with Gasteiger partial charge in [-0.2, -0.15) is 0 Å². The fourth-order valence-corrected chi connectivity index (χ4v) is 4.69. The smallest absolute Gasteiger partial charge is 0.239 e. The van der Waals surface area contributed by atoms with Gasteiger partial charge in [0.2, 0.25) is 11.8 Å². The van der Waals surface area contributed by atoms with Gasteiger partial charge in [-0.1, -0.05) is 0 Å². The lowest BCUT2D eigenvalue weighted by Gasteiger charge is -2.31. The minimum atomic E-state index is -3.10. The van der Waals surface area contributed by atoms with E-state index in [1.165, 1.54) is 4.90 Å². The maximum Gasteiger partial charge on any atom is 0.239 e. The quantitative estimate of drug-likeness (QED) is 0.779. The van der Waals surface area contributed by atoms with E-state index in [0.717, 1.165) is 5.69 Å². The molecule has 8 heteroatoms. The van der Waals surface area contributed by atoms with Crippen LogP contribution < -0.4 is 10.2 Å². The van der Waals surface area contributed by atoms with Crippen LogP contribution in [0.4, 0.5) is 11.4 Å². The fourth-order valence-electron chi connectivity index (χ4n) is 2.91. The number of rotatable bonds is 5. The van der Waals surface area contributed by atoms with Gasteiger partial charge in [0.1, 0.15) is 5.41 Å². The summed E-state index contributed by atoms with van der Waals surface area (Å²) in [7, 11) is 2.32. The van der Waals surface area contributed by atoms with Gasteiger partial charge in [0.05, 0.1) is 11.5 Å². The molecule has 1 heterocycles. The molecule has 7 nitrogen and oxygen atoms in total. The molecule has 1 aliphatic heterocycles. The molecule has 0 saturated carbocycles. The predicted molar refractivity (Wildman–Crippen MR) is 103 cm³/mol. The van der Waals surface area contributed by atoms with Crippen LogP contribution in [0.1, 0.15) is 20.3 Å². The third-order valence-electron chi connectivity index (χ3n) is 4.82. The summed E-state index contributed by atoms with van der Waals surface area (Å²) >= 11 is 0. The lowest BCUT2D eigenvalue weighted by molar-refractivity contribution is -0.146. The molecule has 1 aromatic rings. The Labute approximate surface area is 155 Å². The molecule has 1 unspecified atom stereocenters. The zero-order chi connectivity index (χ0) is 19.7. The first-order valence-electron chi connectivity index (χ1n) is 8.50. The average Bonchev–Trinajstić information content (AvgIpc) is 2.93. The summed E-state index contributed by atoms with van der Waals surface area (Å²) in [5.74, 6) is -0.770. The van der Waals surface area contributed by atoms with Crippen LogP contribution in [-0.4, -0.2) is 63.8 Å². The van der Waals surface area contributed by atoms with Crippen molar-refractivity contribution in [2.45, 2.75) is 26.3 Å². The first kappa shape index (κ1) is 20.2. The van der Waals surface area contributed by atoms with Crippen molar-refractivity contribution in [2.24, 2.45) is 5.41 Å². The Morgan fingerprint density at radius 2 is 1.69 bits per heavy atom. The van der Waals surface area contributed by atoms with Gasteiger partial charge < -0.3 is 15.1 Å². The first-order valence-corrected chi connectivity index (χ1v) is 10.3. The monoisotopic (exact) mass is 381 g/mol. The molecule has 144 valence electrons. The highest BCUT2D eigenvalue weighted by Crippen LogP contribution is 2.26. The highest BCUT2D eigenvalue weighted by molar-refractivity contribution is 7.91. The minimum absolute atomic E-state index is 0.0427. The lowest BCUT2D eigenvalue weighted by Crippen LogP contribution is -2.49. The Kier molecular flexibility index (Phi) is 5.65. The first-order chi connectivity index (χ1) is 11.9. The van der Waals surface area contributed by atoms with E-state index < -0.39 is 21.2 Å². The Hall–Kier alpha value is -2.09. The predicted octanol–water partition coefficient (Wildman–Crippen LogP) is 1.36. The van der Waals surface area contributed by atoms with Crippen LogP contribution in [0.3, 0.4) is 0 Å². The summed E-state index contributed by atoms with van der Waals surface area (Å²) in [6.07, 6.45) is 0.411. The van der Waals surface area contributed by atoms with E-state index in [4.69, 9.17) is 0 Å². The molecule has 1 fully saturated rings. The third kappa shape index (κ3) is 4.35. The van der Waals surface area contributed by atoms with Crippen molar-refractivity contribution >= 4 is 33.0 Å². The number of hydrogen-bond acceptors (Lipinski definition) is 5. The van der Waals surface area contributed by atoms with E-state index in [0.29, 0.717) is 12.1 Å². The normalized spacial score (nSPS) is 19.0. The van der Waals surface area contributed by atoms with Crippen LogP contribution in [0.5, 0.6) is 0 Å². The molecule has 26 heavy (non-hydrogen) atoms. The molecule has 2 rings (SSSR count). The number of anilines is 2. The van der Waals surface area contributed by atoms with Crippen molar-refractivity contribution in [3.8, 4) is 0 Å². The van der Waals surface area contributed by atoms with Crippen molar-refractivity contribution < 1.29 is 18.0 Å². The van der Waals surface area contributed by atoms with Crippen LogP contribution in [0, 0.1) is 5.41 Å². The molecule has 0 radical (unpaired) electrons. The largest absolute Gasteiger partial charge is 0.378 e. The Balaban J connectivity index is 2.07. The van der Waals surface area contributed by atoms with E-state index in [1.54, 1.807) is 33.0 Å². The topological polar surface area (TPSA) is 86.8 Å². The molecule has 1 N–H and O–H groups in total. The number of carbonyl (C=O) groups excluding carboxylic acids is 2. The zero-order valence-corrected chi connectivity index (χ0v) is 16.8. The average molecular weight is 381 g/mol. The Bertz CT molecular complexity index is 785. The maximum absolute atomic E-state index is 12.8. The lowest BCUT2D eigenvalue weighted by atomic mass is 9.89. The van der Waals surface area contributed by atoms with Gasteiger partial charge in [-0.15, -0.1) is 0 Å². The summed E-state index contributed by atoms with van der Waals surface area (Å²) in [6.45, 7) is 3.11. The second-order valence-corrected chi connectivity index (χ2v) is 9.72. The molecule has 2 amide bonds. The number of amides is 2. The maximum atomic E-state index is 12.8. The second-order valence-electron chi connectivity index (χ2n) is 7.49. The molecule has 0 aromatic heterocycles. The fraction of sp³-hybridized carbons (Fsp3) is 0.556. The van der Waals surface area contributed by atoms with E-state index in [-0.39, 0.29) is 23.5 Å². The summed E-state index contributed by atoms with van der Waals surface area (Å²) in [5, 5.41) is 2.77. The van der Waals surface area contributed by atoms with Crippen molar-refractivity contribution in [3.05, 3.63) is 24.3 Å². The number of nitrogens with one attached hydrogen (secondary N) is 1. The molecule has 1 saturated heterocycles. The number of benzene rings is 1. The van der Waals surface area contributed by atoms with Crippen LogP contribution in [0.2, 0.25) is 0 Å². The molecular weight excluding hydrogens is 354 g/mol. The van der Waals surface area contributed by atoms with Gasteiger partial charge in [-0.3, -0.25) is 9.59 Å². The van der Waals surface area contributed by atoms with Crippen molar-refractivity contribution in [2.75, 3.05) is 42.9 Å². The number of sulfone groups is 1. The molecule has 0 aliphatic carbocycles. The van der Waals surface area contributed by atoms with Gasteiger partial charge in [0.25, 0.3) is 0 Å². The van der Waals surface area contributed by atoms with Gasteiger partial charge in [-0.25, -0.2) is 8.42 Å². The molecule has 1 aliphatic rings. The SMILES string of the molecule is CN(C)c1ccc(NC(=O)C(C)(C)C(=O)N(C)C2CCS(=O)(=O)C2)cc1. The summed E-state index contributed by atoms with van der Waals surface area (Å²) < 4.78 is 23.3. The highest BCUT2D eigenvalue weighted by atomic mass is 32.2. The number of hydrogen-bond donors (Lipinski definition) is 1. The summed E-state index contributed by atoms with van der Waals surface area (Å²) in [5.41, 5.74) is 0.300. The van der Waals surface area contributed by atoms with Crippen LogP contribution in [-0.2, 0) is 19.4 Å². The van der Waals surface area contributed by atoms with Gasteiger partial charge >= 0.3 is 0 Å². The molecule has 0 bridgehead atoms. The van der Waals surface area contributed by atoms with Gasteiger partial charge in [-0.05, 0) is 44.5 Å².